The van der Waals surface area contributed by atoms with Gasteiger partial charge in [0.1, 0.15) is 11.5 Å². The molecule has 1 atom stereocenters. The predicted molar refractivity (Wildman–Crippen MR) is 73.8 cm³/mol. The fourth-order valence-electron chi connectivity index (χ4n) is 1.74. The van der Waals surface area contributed by atoms with E-state index in [0.29, 0.717) is 26.2 Å². The highest BCUT2D eigenvalue weighted by Crippen LogP contribution is 2.29. The topological polar surface area (TPSA) is 62.9 Å². The number of rotatable bonds is 9. The monoisotopic (exact) mass is 269 g/mol. The molecular formula is C14H23NO4. The van der Waals surface area contributed by atoms with E-state index >= 15 is 0 Å². The van der Waals surface area contributed by atoms with Gasteiger partial charge in [0.2, 0.25) is 0 Å². The summed E-state index contributed by atoms with van der Waals surface area (Å²) in [5, 5.41) is 0. The van der Waals surface area contributed by atoms with E-state index in [1.807, 2.05) is 18.2 Å². The third kappa shape index (κ3) is 5.06. The molecule has 2 N–H and O–H groups in total. The molecular weight excluding hydrogens is 246 g/mol. The number of hydrogen-bond donors (Lipinski definition) is 1. The van der Waals surface area contributed by atoms with Crippen molar-refractivity contribution in [1.29, 1.82) is 0 Å². The Morgan fingerprint density at radius 3 is 2.47 bits per heavy atom. The first-order valence-electron chi connectivity index (χ1n) is 6.27. The van der Waals surface area contributed by atoms with E-state index in [1.54, 1.807) is 21.3 Å². The molecule has 19 heavy (non-hydrogen) atoms. The maximum Gasteiger partial charge on any atom is 0.123 e. The van der Waals surface area contributed by atoms with E-state index in [0.717, 1.165) is 17.1 Å². The zero-order valence-corrected chi connectivity index (χ0v) is 11.8. The second kappa shape index (κ2) is 8.74. The average molecular weight is 269 g/mol. The zero-order chi connectivity index (χ0) is 14.1. The van der Waals surface area contributed by atoms with Crippen molar-refractivity contribution in [3.8, 4) is 11.5 Å². The van der Waals surface area contributed by atoms with Crippen LogP contribution in [0, 0.1) is 0 Å². The van der Waals surface area contributed by atoms with Crippen LogP contribution in [0.15, 0.2) is 18.2 Å². The van der Waals surface area contributed by atoms with Gasteiger partial charge in [0.25, 0.3) is 0 Å². The third-order valence-corrected chi connectivity index (χ3v) is 2.84. The summed E-state index contributed by atoms with van der Waals surface area (Å²) in [7, 11) is 4.91. The van der Waals surface area contributed by atoms with Gasteiger partial charge in [-0.1, -0.05) is 0 Å². The van der Waals surface area contributed by atoms with Crippen molar-refractivity contribution in [3.63, 3.8) is 0 Å². The summed E-state index contributed by atoms with van der Waals surface area (Å²) in [4.78, 5) is 0. The second-order valence-electron chi connectivity index (χ2n) is 4.11. The van der Waals surface area contributed by atoms with Crippen LogP contribution in [0.5, 0.6) is 11.5 Å². The molecule has 0 aliphatic heterocycles. The van der Waals surface area contributed by atoms with Crippen molar-refractivity contribution in [2.75, 3.05) is 41.2 Å². The predicted octanol–water partition coefficient (Wildman–Crippen LogP) is 1.76. The Kier molecular flexibility index (Phi) is 7.25. The van der Waals surface area contributed by atoms with Crippen LogP contribution in [0.1, 0.15) is 18.0 Å². The highest BCUT2D eigenvalue weighted by Gasteiger charge is 2.13. The normalized spacial score (nSPS) is 12.2. The van der Waals surface area contributed by atoms with Gasteiger partial charge < -0.3 is 24.7 Å². The summed E-state index contributed by atoms with van der Waals surface area (Å²) >= 11 is 0. The first kappa shape index (κ1) is 15.8. The maximum atomic E-state index is 6.16. The van der Waals surface area contributed by atoms with Crippen LogP contribution in [-0.4, -0.2) is 41.2 Å². The average Bonchev–Trinajstić information content (AvgIpc) is 2.46. The molecule has 0 radical (unpaired) electrons. The van der Waals surface area contributed by atoms with Gasteiger partial charge in [0.05, 0.1) is 27.4 Å². The van der Waals surface area contributed by atoms with E-state index in [9.17, 15) is 0 Å². The van der Waals surface area contributed by atoms with E-state index in [4.69, 9.17) is 24.7 Å². The second-order valence-corrected chi connectivity index (χ2v) is 4.11. The molecule has 5 nitrogen and oxygen atoms in total. The summed E-state index contributed by atoms with van der Waals surface area (Å²) < 4.78 is 20.8. The lowest BCUT2D eigenvalue weighted by molar-refractivity contribution is 0.0671. The molecule has 1 unspecified atom stereocenters. The maximum absolute atomic E-state index is 6.16. The van der Waals surface area contributed by atoms with Crippen molar-refractivity contribution in [2.24, 2.45) is 5.73 Å². The Bertz CT molecular complexity index is 370. The number of methoxy groups -OCH3 is 3. The van der Waals surface area contributed by atoms with Crippen molar-refractivity contribution in [2.45, 2.75) is 12.5 Å². The zero-order valence-electron chi connectivity index (χ0n) is 11.8. The molecule has 1 aromatic rings. The van der Waals surface area contributed by atoms with Crippen LogP contribution in [0.2, 0.25) is 0 Å². The van der Waals surface area contributed by atoms with Gasteiger partial charge in [0.15, 0.2) is 0 Å². The number of nitrogens with two attached hydrogens (primary N) is 1. The molecule has 108 valence electrons. The third-order valence-electron chi connectivity index (χ3n) is 2.84. The molecule has 0 saturated heterocycles. The molecule has 0 bridgehead atoms. The molecule has 0 saturated carbocycles. The molecule has 0 fully saturated rings. The molecule has 0 amide bonds. The lowest BCUT2D eigenvalue weighted by Crippen LogP contribution is -2.15. The van der Waals surface area contributed by atoms with Crippen LogP contribution in [0.25, 0.3) is 0 Å². The lowest BCUT2D eigenvalue weighted by atomic mass is 10.0. The van der Waals surface area contributed by atoms with E-state index in [1.165, 1.54) is 0 Å². The van der Waals surface area contributed by atoms with Crippen LogP contribution < -0.4 is 15.2 Å². The van der Waals surface area contributed by atoms with Crippen LogP contribution >= 0.6 is 0 Å². The van der Waals surface area contributed by atoms with Gasteiger partial charge in [-0.3, -0.25) is 0 Å². The fraction of sp³-hybridized carbons (Fsp3) is 0.571. The van der Waals surface area contributed by atoms with E-state index in [2.05, 4.69) is 0 Å². The Labute approximate surface area is 114 Å². The lowest BCUT2D eigenvalue weighted by Gasteiger charge is -2.16. The summed E-state index contributed by atoms with van der Waals surface area (Å²) in [6.07, 6.45) is 0.716. The highest BCUT2D eigenvalue weighted by atomic mass is 16.5. The molecule has 0 spiro atoms. The smallest absolute Gasteiger partial charge is 0.123 e. The summed E-state index contributed by atoms with van der Waals surface area (Å²) in [5.41, 5.74) is 7.09. The Morgan fingerprint density at radius 1 is 1.05 bits per heavy atom. The van der Waals surface area contributed by atoms with E-state index < -0.39 is 0 Å². The quantitative estimate of drug-likeness (QED) is 0.692. The van der Waals surface area contributed by atoms with Gasteiger partial charge >= 0.3 is 0 Å². The SMILES string of the molecule is COCCOCCC(N)c1cc(OC)ccc1OC. The van der Waals surface area contributed by atoms with Gasteiger partial charge in [-0.2, -0.15) is 0 Å². The Balaban J connectivity index is 2.56. The standard InChI is InChI=1S/C14H23NO4/c1-16-8-9-19-7-6-13(15)12-10-11(17-2)4-5-14(12)18-3/h4-5,10,13H,6-9,15H2,1-3H3. The minimum absolute atomic E-state index is 0.146. The summed E-state index contributed by atoms with van der Waals surface area (Å²) in [5.74, 6) is 1.54. The van der Waals surface area contributed by atoms with Crippen LogP contribution in [-0.2, 0) is 9.47 Å². The Morgan fingerprint density at radius 2 is 1.84 bits per heavy atom. The molecule has 1 rings (SSSR count). The Hall–Kier alpha value is -1.30. The first-order valence-corrected chi connectivity index (χ1v) is 6.27. The van der Waals surface area contributed by atoms with Crippen LogP contribution in [0.3, 0.4) is 0 Å². The van der Waals surface area contributed by atoms with Gasteiger partial charge in [-0.15, -0.1) is 0 Å². The summed E-state index contributed by atoms with van der Waals surface area (Å²) in [6.45, 7) is 1.76. The minimum Gasteiger partial charge on any atom is -0.497 e. The summed E-state index contributed by atoms with van der Waals surface area (Å²) in [6, 6.07) is 5.47. The molecule has 5 heteroatoms. The largest absolute Gasteiger partial charge is 0.497 e. The van der Waals surface area contributed by atoms with Crippen molar-refractivity contribution in [1.82, 2.24) is 0 Å². The number of ether oxygens (including phenoxy) is 4. The number of hydrogen-bond acceptors (Lipinski definition) is 5. The van der Waals surface area contributed by atoms with Gasteiger partial charge in [-0.05, 0) is 24.6 Å². The molecule has 0 heterocycles. The molecule has 0 aliphatic rings. The van der Waals surface area contributed by atoms with E-state index in [-0.39, 0.29) is 6.04 Å². The van der Waals surface area contributed by atoms with Crippen molar-refractivity contribution < 1.29 is 18.9 Å². The fourth-order valence-corrected chi connectivity index (χ4v) is 1.74. The minimum atomic E-state index is -0.146. The van der Waals surface area contributed by atoms with Gasteiger partial charge in [-0.25, -0.2) is 0 Å². The number of benzene rings is 1. The van der Waals surface area contributed by atoms with Crippen molar-refractivity contribution >= 4 is 0 Å². The van der Waals surface area contributed by atoms with Crippen LogP contribution in [0.4, 0.5) is 0 Å². The molecule has 0 aromatic heterocycles. The van der Waals surface area contributed by atoms with Crippen molar-refractivity contribution in [3.05, 3.63) is 23.8 Å². The van der Waals surface area contributed by atoms with Gasteiger partial charge in [0, 0.05) is 25.3 Å². The molecule has 0 aliphatic carbocycles. The molecule has 1 aromatic carbocycles. The highest BCUT2D eigenvalue weighted by molar-refractivity contribution is 5.42. The first-order chi connectivity index (χ1) is 9.22.